The van der Waals surface area contributed by atoms with Gasteiger partial charge in [0.2, 0.25) is 0 Å². The fourth-order valence-electron chi connectivity index (χ4n) is 1.17. The summed E-state index contributed by atoms with van der Waals surface area (Å²) in [5.41, 5.74) is -0.185. The molecule has 1 aromatic rings. The van der Waals surface area contributed by atoms with Crippen molar-refractivity contribution in [1.29, 1.82) is 0 Å². The first-order valence-electron chi connectivity index (χ1n) is 4.93. The van der Waals surface area contributed by atoms with Crippen LogP contribution in [-0.2, 0) is 16.2 Å². The smallest absolute Gasteiger partial charge is 0.155 e. The largest absolute Gasteiger partial charge is 0.384 e. The van der Waals surface area contributed by atoms with Gasteiger partial charge >= 0.3 is 0 Å². The second kappa shape index (κ2) is 6.19. The third kappa shape index (κ3) is 4.86. The summed E-state index contributed by atoms with van der Waals surface area (Å²) in [6.07, 6.45) is 0. The lowest BCUT2D eigenvalue weighted by Crippen LogP contribution is -2.35. The quantitative estimate of drug-likeness (QED) is 0.566. The minimum atomic E-state index is -1.21. The minimum Gasteiger partial charge on any atom is -0.384 e. The molecule has 0 aliphatic rings. The van der Waals surface area contributed by atoms with E-state index in [4.69, 9.17) is 4.74 Å². The number of ether oxygens (including phenoxy) is 1. The molecule has 1 rings (SSSR count). The molecule has 0 amide bonds. The zero-order valence-electron chi connectivity index (χ0n) is 9.13. The van der Waals surface area contributed by atoms with E-state index >= 15 is 0 Å². The number of rotatable bonds is 7. The average Bonchev–Trinajstić information content (AvgIpc) is 2.28. The van der Waals surface area contributed by atoms with Gasteiger partial charge in [-0.2, -0.15) is 0 Å². The summed E-state index contributed by atoms with van der Waals surface area (Å²) in [6, 6.07) is 9.60. The Labute approximate surface area is 93.9 Å². The summed E-state index contributed by atoms with van der Waals surface area (Å²) in [4.78, 5) is 14.0. The summed E-state index contributed by atoms with van der Waals surface area (Å²) in [5, 5.41) is 11.9. The zero-order valence-corrected chi connectivity index (χ0v) is 9.13. The molecule has 0 heterocycles. The molecule has 5 heteroatoms. The standard InChI is InChI=1S/C11H15NO4/c1-11(13,9-16-12-14)8-15-7-10-5-3-2-4-6-10/h2-6,13H,7-9H2,1H3. The van der Waals surface area contributed by atoms with Crippen LogP contribution in [0.3, 0.4) is 0 Å². The van der Waals surface area contributed by atoms with Crippen LogP contribution in [0, 0.1) is 4.91 Å². The molecule has 16 heavy (non-hydrogen) atoms. The van der Waals surface area contributed by atoms with Gasteiger partial charge in [-0.1, -0.05) is 30.3 Å². The van der Waals surface area contributed by atoms with Crippen molar-refractivity contribution in [3.05, 3.63) is 40.8 Å². The van der Waals surface area contributed by atoms with Gasteiger partial charge < -0.3 is 14.7 Å². The van der Waals surface area contributed by atoms with E-state index in [1.165, 1.54) is 6.92 Å². The monoisotopic (exact) mass is 225 g/mol. The molecule has 0 fully saturated rings. The van der Waals surface area contributed by atoms with Crippen LogP contribution < -0.4 is 0 Å². The molecule has 1 N–H and O–H groups in total. The predicted molar refractivity (Wildman–Crippen MR) is 58.5 cm³/mol. The molecular weight excluding hydrogens is 210 g/mol. The van der Waals surface area contributed by atoms with Gasteiger partial charge in [-0.15, -0.1) is 4.91 Å². The van der Waals surface area contributed by atoms with E-state index in [-0.39, 0.29) is 13.2 Å². The van der Waals surface area contributed by atoms with Gasteiger partial charge in [0.25, 0.3) is 0 Å². The molecule has 0 saturated carbocycles. The fourth-order valence-corrected chi connectivity index (χ4v) is 1.17. The maximum absolute atomic E-state index is 9.72. The zero-order chi connectivity index (χ0) is 11.9. The molecule has 1 atom stereocenters. The van der Waals surface area contributed by atoms with Gasteiger partial charge in [0, 0.05) is 0 Å². The Kier molecular flexibility index (Phi) is 4.88. The minimum absolute atomic E-state index is 0.0808. The molecule has 1 aromatic carbocycles. The maximum Gasteiger partial charge on any atom is 0.155 e. The Morgan fingerprint density at radius 3 is 2.62 bits per heavy atom. The van der Waals surface area contributed by atoms with Crippen molar-refractivity contribution in [2.75, 3.05) is 13.2 Å². The molecule has 0 spiro atoms. The lowest BCUT2D eigenvalue weighted by atomic mass is 10.1. The molecule has 0 bridgehead atoms. The third-order valence-electron chi connectivity index (χ3n) is 1.95. The first-order valence-corrected chi connectivity index (χ1v) is 4.93. The number of benzene rings is 1. The first-order chi connectivity index (χ1) is 7.64. The summed E-state index contributed by atoms with van der Waals surface area (Å²) in [6.45, 7) is 1.83. The van der Waals surface area contributed by atoms with Crippen LogP contribution in [0.2, 0.25) is 0 Å². The van der Waals surface area contributed by atoms with Crippen molar-refractivity contribution in [2.45, 2.75) is 19.1 Å². The van der Waals surface area contributed by atoms with Crippen LogP contribution in [0.4, 0.5) is 0 Å². The number of hydrogen-bond donors (Lipinski definition) is 1. The molecule has 0 saturated heterocycles. The molecule has 0 aliphatic carbocycles. The molecule has 0 radical (unpaired) electrons. The maximum atomic E-state index is 9.72. The van der Waals surface area contributed by atoms with Crippen LogP contribution in [0.5, 0.6) is 0 Å². The highest BCUT2D eigenvalue weighted by Gasteiger charge is 2.22. The van der Waals surface area contributed by atoms with Crippen molar-refractivity contribution in [1.82, 2.24) is 0 Å². The molecule has 5 nitrogen and oxygen atoms in total. The van der Waals surface area contributed by atoms with Gasteiger partial charge in [0.1, 0.15) is 5.60 Å². The predicted octanol–water partition coefficient (Wildman–Crippen LogP) is 1.65. The van der Waals surface area contributed by atoms with Crippen LogP contribution in [0.1, 0.15) is 12.5 Å². The highest BCUT2D eigenvalue weighted by atomic mass is 16.7. The summed E-state index contributed by atoms with van der Waals surface area (Å²) in [7, 11) is 0. The van der Waals surface area contributed by atoms with Gasteiger partial charge in [-0.3, -0.25) is 0 Å². The summed E-state index contributed by atoms with van der Waals surface area (Å²) < 4.78 is 5.31. The highest BCUT2D eigenvalue weighted by molar-refractivity contribution is 5.13. The van der Waals surface area contributed by atoms with E-state index in [9.17, 15) is 10.0 Å². The lowest BCUT2D eigenvalue weighted by molar-refractivity contribution is -0.0880. The van der Waals surface area contributed by atoms with Gasteiger partial charge in [-0.25, -0.2) is 0 Å². The van der Waals surface area contributed by atoms with E-state index in [1.807, 2.05) is 30.3 Å². The van der Waals surface area contributed by atoms with Crippen LogP contribution in [0.15, 0.2) is 35.7 Å². The van der Waals surface area contributed by atoms with Crippen LogP contribution >= 0.6 is 0 Å². The number of nitrogens with zero attached hydrogens (tertiary/aromatic N) is 1. The summed E-state index contributed by atoms with van der Waals surface area (Å²) >= 11 is 0. The Balaban J connectivity index is 2.27. The van der Waals surface area contributed by atoms with Gasteiger partial charge in [0.15, 0.2) is 11.9 Å². The Morgan fingerprint density at radius 2 is 2.00 bits per heavy atom. The highest BCUT2D eigenvalue weighted by Crippen LogP contribution is 2.07. The first kappa shape index (κ1) is 12.6. The Morgan fingerprint density at radius 1 is 1.31 bits per heavy atom. The second-order valence-corrected chi connectivity index (χ2v) is 3.82. The molecule has 88 valence electrons. The Bertz CT molecular complexity index is 313. The number of hydrogen-bond acceptors (Lipinski definition) is 5. The van der Waals surface area contributed by atoms with Crippen molar-refractivity contribution in [2.24, 2.45) is 5.34 Å². The van der Waals surface area contributed by atoms with E-state index in [1.54, 1.807) is 0 Å². The SMILES string of the molecule is CC(O)(COCc1ccccc1)CON=O. The van der Waals surface area contributed by atoms with Crippen LogP contribution in [-0.4, -0.2) is 23.9 Å². The van der Waals surface area contributed by atoms with Crippen molar-refractivity contribution < 1.29 is 14.7 Å². The lowest BCUT2D eigenvalue weighted by Gasteiger charge is -2.20. The van der Waals surface area contributed by atoms with Crippen molar-refractivity contribution in [3.63, 3.8) is 0 Å². The number of aliphatic hydroxyl groups is 1. The molecule has 0 aliphatic heterocycles. The van der Waals surface area contributed by atoms with Crippen LogP contribution in [0.25, 0.3) is 0 Å². The molecular formula is C11H15NO4. The van der Waals surface area contributed by atoms with E-state index in [0.29, 0.717) is 6.61 Å². The third-order valence-corrected chi connectivity index (χ3v) is 1.95. The Hall–Kier alpha value is -1.46. The van der Waals surface area contributed by atoms with Crippen molar-refractivity contribution in [3.8, 4) is 0 Å². The average molecular weight is 225 g/mol. The van der Waals surface area contributed by atoms with E-state index in [2.05, 4.69) is 10.2 Å². The topological polar surface area (TPSA) is 68.1 Å². The normalized spacial score (nSPS) is 14.1. The van der Waals surface area contributed by atoms with Gasteiger partial charge in [0.05, 0.1) is 13.2 Å². The van der Waals surface area contributed by atoms with E-state index < -0.39 is 5.60 Å². The van der Waals surface area contributed by atoms with Gasteiger partial charge in [-0.05, 0) is 12.5 Å². The van der Waals surface area contributed by atoms with Crippen molar-refractivity contribution >= 4 is 0 Å². The molecule has 0 aromatic heterocycles. The fraction of sp³-hybridized carbons (Fsp3) is 0.455. The van der Waals surface area contributed by atoms with E-state index in [0.717, 1.165) is 5.56 Å². The summed E-state index contributed by atoms with van der Waals surface area (Å²) in [5.74, 6) is 0. The molecule has 1 unspecified atom stereocenters. The second-order valence-electron chi connectivity index (χ2n) is 3.82.